The van der Waals surface area contributed by atoms with E-state index >= 15 is 0 Å². The van der Waals surface area contributed by atoms with Crippen molar-refractivity contribution in [1.82, 2.24) is 0 Å². The molecule has 1 aliphatic heterocycles. The Morgan fingerprint density at radius 1 is 0.913 bits per heavy atom. The minimum atomic E-state index is -0.182. The number of methoxy groups -OCH3 is 3. The van der Waals surface area contributed by atoms with E-state index in [0.717, 1.165) is 16.9 Å². The highest BCUT2D eigenvalue weighted by molar-refractivity contribution is 5.55. The van der Waals surface area contributed by atoms with Crippen molar-refractivity contribution < 1.29 is 24.1 Å². The Balaban J connectivity index is 1.97. The first-order valence-corrected chi connectivity index (χ1v) is 7.38. The second-order valence-corrected chi connectivity index (χ2v) is 5.50. The van der Waals surface area contributed by atoms with E-state index in [1.54, 1.807) is 26.4 Å². The molecule has 0 bridgehead atoms. The van der Waals surface area contributed by atoms with Gasteiger partial charge in [0.15, 0.2) is 23.0 Å². The molecule has 0 amide bonds. The van der Waals surface area contributed by atoms with Crippen LogP contribution >= 0.6 is 0 Å². The third-order valence-electron chi connectivity index (χ3n) is 4.25. The van der Waals surface area contributed by atoms with E-state index in [9.17, 15) is 5.11 Å². The molecule has 2 atom stereocenters. The summed E-state index contributed by atoms with van der Waals surface area (Å²) in [7, 11) is 4.74. The van der Waals surface area contributed by atoms with E-state index < -0.39 is 0 Å². The lowest BCUT2D eigenvalue weighted by Crippen LogP contribution is -2.07. The summed E-state index contributed by atoms with van der Waals surface area (Å²) in [6.07, 6.45) is -0.182. The maximum absolute atomic E-state index is 10.00. The molecule has 0 aliphatic carbocycles. The maximum atomic E-state index is 10.00. The summed E-state index contributed by atoms with van der Waals surface area (Å²) in [5.74, 6) is 2.76. The van der Waals surface area contributed by atoms with Crippen LogP contribution < -0.4 is 18.9 Å². The molecule has 1 heterocycles. The number of aromatic hydroxyl groups is 1. The fourth-order valence-electron chi connectivity index (χ4n) is 2.98. The predicted octanol–water partition coefficient (Wildman–Crippen LogP) is 3.66. The molecule has 122 valence electrons. The van der Waals surface area contributed by atoms with Gasteiger partial charge in [-0.05, 0) is 23.8 Å². The van der Waals surface area contributed by atoms with Gasteiger partial charge >= 0.3 is 0 Å². The summed E-state index contributed by atoms with van der Waals surface area (Å²) >= 11 is 0. The monoisotopic (exact) mass is 316 g/mol. The van der Waals surface area contributed by atoms with Crippen molar-refractivity contribution in [2.45, 2.75) is 18.9 Å². The lowest BCUT2D eigenvalue weighted by atomic mass is 9.92. The zero-order chi connectivity index (χ0) is 16.6. The van der Waals surface area contributed by atoms with E-state index in [1.807, 2.05) is 18.2 Å². The Hall–Kier alpha value is -2.56. The van der Waals surface area contributed by atoms with Gasteiger partial charge in [-0.1, -0.05) is 13.0 Å². The second-order valence-electron chi connectivity index (χ2n) is 5.50. The van der Waals surface area contributed by atoms with Crippen molar-refractivity contribution in [3.05, 3.63) is 41.5 Å². The van der Waals surface area contributed by atoms with Gasteiger partial charge in [0.25, 0.3) is 0 Å². The second kappa shape index (κ2) is 5.91. The largest absolute Gasteiger partial charge is 0.504 e. The van der Waals surface area contributed by atoms with E-state index in [-0.39, 0.29) is 17.8 Å². The van der Waals surface area contributed by atoms with Crippen LogP contribution in [0.4, 0.5) is 0 Å². The van der Waals surface area contributed by atoms with Crippen LogP contribution in [0.3, 0.4) is 0 Å². The van der Waals surface area contributed by atoms with Gasteiger partial charge in [0.1, 0.15) is 11.9 Å². The first-order chi connectivity index (χ1) is 11.1. The maximum Gasteiger partial charge on any atom is 0.164 e. The molecule has 1 N–H and O–H groups in total. The van der Waals surface area contributed by atoms with Crippen molar-refractivity contribution in [1.29, 1.82) is 0 Å². The summed E-state index contributed by atoms with van der Waals surface area (Å²) < 4.78 is 21.9. The highest BCUT2D eigenvalue weighted by Gasteiger charge is 2.34. The standard InChI is InChI=1S/C18H20O5/c1-10-12-8-16(21-3)17(22-4)9-15(12)23-18(10)11-5-6-14(20-2)13(19)7-11/h5-10,18-19H,1-4H3/t10-,18-/m0/s1. The summed E-state index contributed by atoms with van der Waals surface area (Å²) in [5, 5.41) is 10.00. The average molecular weight is 316 g/mol. The molecule has 5 nitrogen and oxygen atoms in total. The lowest BCUT2D eigenvalue weighted by molar-refractivity contribution is 0.214. The molecule has 0 radical (unpaired) electrons. The van der Waals surface area contributed by atoms with Crippen LogP contribution in [0.15, 0.2) is 30.3 Å². The molecule has 0 unspecified atom stereocenters. The van der Waals surface area contributed by atoms with Gasteiger partial charge in [0.2, 0.25) is 0 Å². The van der Waals surface area contributed by atoms with Crippen molar-refractivity contribution in [2.75, 3.05) is 21.3 Å². The molecule has 0 spiro atoms. The van der Waals surface area contributed by atoms with Crippen molar-refractivity contribution >= 4 is 0 Å². The Bertz CT molecular complexity index is 726. The molecule has 23 heavy (non-hydrogen) atoms. The fourth-order valence-corrected chi connectivity index (χ4v) is 2.98. The van der Waals surface area contributed by atoms with Crippen LogP contribution in [0.5, 0.6) is 28.7 Å². The van der Waals surface area contributed by atoms with Crippen LogP contribution in [0.1, 0.15) is 30.1 Å². The number of ether oxygens (including phenoxy) is 4. The number of rotatable bonds is 4. The van der Waals surface area contributed by atoms with E-state index in [1.165, 1.54) is 7.11 Å². The molecule has 2 aromatic carbocycles. The number of hydrogen-bond donors (Lipinski definition) is 1. The average Bonchev–Trinajstić information content (AvgIpc) is 2.89. The number of fused-ring (bicyclic) bond motifs is 1. The number of phenolic OH excluding ortho intramolecular Hbond substituents is 1. The molecule has 0 saturated heterocycles. The van der Waals surface area contributed by atoms with Gasteiger partial charge in [-0.15, -0.1) is 0 Å². The lowest BCUT2D eigenvalue weighted by Gasteiger charge is -2.16. The number of benzene rings is 2. The third kappa shape index (κ3) is 2.52. The Morgan fingerprint density at radius 2 is 1.57 bits per heavy atom. The van der Waals surface area contributed by atoms with Crippen molar-refractivity contribution in [2.24, 2.45) is 0 Å². The first kappa shape index (κ1) is 15.3. The van der Waals surface area contributed by atoms with Gasteiger partial charge in [-0.25, -0.2) is 0 Å². The molecule has 2 aromatic rings. The van der Waals surface area contributed by atoms with Crippen LogP contribution in [0, 0.1) is 0 Å². The van der Waals surface area contributed by atoms with E-state index in [4.69, 9.17) is 18.9 Å². The summed E-state index contributed by atoms with van der Waals surface area (Å²) in [5.41, 5.74) is 1.95. The SMILES string of the molecule is COc1ccc([C@H]2Oc3cc(OC)c(OC)cc3[C@@H]2C)cc1O. The normalized spacial score (nSPS) is 19.0. The Kier molecular flexibility index (Phi) is 3.94. The van der Waals surface area contributed by atoms with E-state index in [0.29, 0.717) is 17.2 Å². The highest BCUT2D eigenvalue weighted by Crippen LogP contribution is 2.50. The molecule has 1 aliphatic rings. The summed E-state index contributed by atoms with van der Waals surface area (Å²) in [6, 6.07) is 9.11. The van der Waals surface area contributed by atoms with Crippen LogP contribution in [-0.4, -0.2) is 26.4 Å². The van der Waals surface area contributed by atoms with Crippen LogP contribution in [0.2, 0.25) is 0 Å². The Labute approximate surface area is 135 Å². The molecule has 5 heteroatoms. The number of phenols is 1. The van der Waals surface area contributed by atoms with Crippen molar-refractivity contribution in [3.8, 4) is 28.7 Å². The van der Waals surface area contributed by atoms with Crippen LogP contribution in [0.25, 0.3) is 0 Å². The topological polar surface area (TPSA) is 57.2 Å². The zero-order valence-corrected chi connectivity index (χ0v) is 13.6. The predicted molar refractivity (Wildman–Crippen MR) is 86.0 cm³/mol. The highest BCUT2D eigenvalue weighted by atomic mass is 16.5. The molecular weight excluding hydrogens is 296 g/mol. The minimum Gasteiger partial charge on any atom is -0.504 e. The van der Waals surface area contributed by atoms with Crippen molar-refractivity contribution in [3.63, 3.8) is 0 Å². The third-order valence-corrected chi connectivity index (χ3v) is 4.25. The van der Waals surface area contributed by atoms with Gasteiger partial charge < -0.3 is 24.1 Å². The van der Waals surface area contributed by atoms with Gasteiger partial charge in [-0.2, -0.15) is 0 Å². The summed E-state index contributed by atoms with van der Waals surface area (Å²) in [4.78, 5) is 0. The van der Waals surface area contributed by atoms with E-state index in [2.05, 4.69) is 6.92 Å². The first-order valence-electron chi connectivity index (χ1n) is 7.38. The molecule has 0 fully saturated rings. The smallest absolute Gasteiger partial charge is 0.164 e. The quantitative estimate of drug-likeness (QED) is 0.933. The zero-order valence-electron chi connectivity index (χ0n) is 13.6. The van der Waals surface area contributed by atoms with Gasteiger partial charge in [0.05, 0.1) is 21.3 Å². The minimum absolute atomic E-state index is 0.104. The summed E-state index contributed by atoms with van der Waals surface area (Å²) in [6.45, 7) is 2.09. The molecular formula is C18H20O5. The van der Waals surface area contributed by atoms with Gasteiger partial charge in [0, 0.05) is 17.5 Å². The van der Waals surface area contributed by atoms with Gasteiger partial charge in [-0.3, -0.25) is 0 Å². The Morgan fingerprint density at radius 3 is 2.17 bits per heavy atom. The molecule has 0 aromatic heterocycles. The van der Waals surface area contributed by atoms with Crippen LogP contribution in [-0.2, 0) is 0 Å². The molecule has 0 saturated carbocycles. The number of hydrogen-bond acceptors (Lipinski definition) is 5. The molecule has 3 rings (SSSR count). The fraction of sp³-hybridized carbons (Fsp3) is 0.333.